The molecule has 1 aromatic rings. The van der Waals surface area contributed by atoms with E-state index in [1.165, 1.54) is 13.2 Å². The molecule has 7 heteroatoms. The zero-order valence-corrected chi connectivity index (χ0v) is 16.3. The molecule has 0 radical (unpaired) electrons. The first kappa shape index (κ1) is 19.6. The molecule has 3 aliphatic rings. The topological polar surface area (TPSA) is 74.0 Å². The number of carbonyl (C=O) groups is 1. The normalized spacial score (nSPS) is 35.0. The highest BCUT2D eigenvalue weighted by molar-refractivity contribution is 5.69. The van der Waals surface area contributed by atoms with Crippen LogP contribution in [0, 0.1) is 11.7 Å². The van der Waals surface area contributed by atoms with Gasteiger partial charge in [-0.05, 0) is 49.3 Å². The number of ether oxygens (including phenoxy) is 3. The smallest absolute Gasteiger partial charge is 0.410 e. The lowest BCUT2D eigenvalue weighted by molar-refractivity contribution is -0.0128. The number of hydrogen-bond acceptors (Lipinski definition) is 5. The number of carbonyl (C=O) groups excluding carboxylic acids is 1. The lowest BCUT2D eigenvalue weighted by atomic mass is 9.82. The first-order valence-electron chi connectivity index (χ1n) is 10.1. The molecular formula is C21H29FN2O4. The second kappa shape index (κ2) is 8.35. The highest BCUT2D eigenvalue weighted by Crippen LogP contribution is 2.37. The molecule has 2 heterocycles. The third kappa shape index (κ3) is 3.75. The van der Waals surface area contributed by atoms with E-state index in [4.69, 9.17) is 19.9 Å². The largest absolute Gasteiger partial charge is 0.453 e. The van der Waals surface area contributed by atoms with E-state index >= 15 is 0 Å². The molecular weight excluding hydrogens is 363 g/mol. The maximum Gasteiger partial charge on any atom is 0.410 e. The third-order valence-electron chi connectivity index (χ3n) is 6.63. The number of amides is 1. The fourth-order valence-electron chi connectivity index (χ4n) is 5.06. The number of hydrogen-bond donors (Lipinski definition) is 1. The number of rotatable bonds is 4. The van der Waals surface area contributed by atoms with Crippen molar-refractivity contribution in [1.29, 1.82) is 0 Å². The number of nitrogens with two attached hydrogens (primary N) is 1. The van der Waals surface area contributed by atoms with Crippen molar-refractivity contribution in [3.8, 4) is 0 Å². The number of nitrogens with zero attached hydrogens (tertiary/aromatic N) is 1. The Hall–Kier alpha value is -1.70. The van der Waals surface area contributed by atoms with Gasteiger partial charge in [-0.1, -0.05) is 12.1 Å². The van der Waals surface area contributed by atoms with E-state index in [2.05, 4.69) is 0 Å². The maximum atomic E-state index is 13.5. The Morgan fingerprint density at radius 3 is 2.79 bits per heavy atom. The van der Waals surface area contributed by atoms with Crippen LogP contribution in [0.25, 0.3) is 0 Å². The number of halogens is 1. The van der Waals surface area contributed by atoms with Crippen molar-refractivity contribution in [2.75, 3.05) is 26.9 Å². The van der Waals surface area contributed by atoms with Crippen molar-refractivity contribution in [1.82, 2.24) is 4.90 Å². The van der Waals surface area contributed by atoms with E-state index < -0.39 is 0 Å². The van der Waals surface area contributed by atoms with E-state index in [-0.39, 0.29) is 42.1 Å². The molecule has 2 unspecified atom stereocenters. The fourth-order valence-corrected chi connectivity index (χ4v) is 5.06. The molecule has 6 nitrogen and oxygen atoms in total. The Morgan fingerprint density at radius 2 is 2.07 bits per heavy atom. The van der Waals surface area contributed by atoms with Crippen molar-refractivity contribution in [2.45, 2.75) is 55.8 Å². The minimum Gasteiger partial charge on any atom is -0.453 e. The minimum absolute atomic E-state index is 0.0280. The summed E-state index contributed by atoms with van der Waals surface area (Å²) in [5.74, 6) is 0.340. The standard InChI is InChI=1S/C21H29FN2O4/c1-26-21(25)24-18-11-27-10-17(18)20(23)19(24)12-28-16-7-5-13(6-8-16)14-3-2-4-15(22)9-14/h2-4,9,13,16-20H,5-8,10-12,23H2,1H3/t13?,16?,17?,18?,19-,20-/m0/s1. The molecule has 4 atom stereocenters. The predicted octanol–water partition coefficient (Wildman–Crippen LogP) is 2.66. The summed E-state index contributed by atoms with van der Waals surface area (Å²) in [7, 11) is 1.39. The molecule has 2 aliphatic heterocycles. The van der Waals surface area contributed by atoms with Crippen LogP contribution in [0.2, 0.25) is 0 Å². The molecule has 154 valence electrons. The molecule has 1 saturated carbocycles. The Labute approximate surface area is 165 Å². The lowest BCUT2D eigenvalue weighted by Crippen LogP contribution is -2.49. The number of benzene rings is 1. The second-order valence-corrected chi connectivity index (χ2v) is 8.15. The summed E-state index contributed by atoms with van der Waals surface area (Å²) in [5.41, 5.74) is 7.50. The summed E-state index contributed by atoms with van der Waals surface area (Å²) in [6.07, 6.45) is 3.59. The summed E-state index contributed by atoms with van der Waals surface area (Å²) in [5, 5.41) is 0. The summed E-state index contributed by atoms with van der Waals surface area (Å²) < 4.78 is 30.2. The van der Waals surface area contributed by atoms with Gasteiger partial charge in [0.05, 0.1) is 45.1 Å². The molecule has 1 amide bonds. The molecule has 0 spiro atoms. The summed E-state index contributed by atoms with van der Waals surface area (Å²) >= 11 is 0. The first-order chi connectivity index (χ1) is 13.6. The Bertz CT molecular complexity index is 695. The van der Waals surface area contributed by atoms with Crippen molar-refractivity contribution >= 4 is 6.09 Å². The van der Waals surface area contributed by atoms with Crippen molar-refractivity contribution in [3.63, 3.8) is 0 Å². The van der Waals surface area contributed by atoms with Crippen LogP contribution < -0.4 is 5.73 Å². The first-order valence-corrected chi connectivity index (χ1v) is 10.1. The Morgan fingerprint density at radius 1 is 1.29 bits per heavy atom. The van der Waals surface area contributed by atoms with Gasteiger partial charge in [0, 0.05) is 12.0 Å². The zero-order chi connectivity index (χ0) is 19.7. The molecule has 0 bridgehead atoms. The zero-order valence-electron chi connectivity index (χ0n) is 16.3. The van der Waals surface area contributed by atoms with Crippen LogP contribution in [0.15, 0.2) is 24.3 Å². The predicted molar refractivity (Wildman–Crippen MR) is 101 cm³/mol. The van der Waals surface area contributed by atoms with Crippen LogP contribution in [-0.4, -0.2) is 62.2 Å². The van der Waals surface area contributed by atoms with E-state index in [1.807, 2.05) is 6.07 Å². The molecule has 4 rings (SSSR count). The van der Waals surface area contributed by atoms with Crippen LogP contribution >= 0.6 is 0 Å². The fraction of sp³-hybridized carbons (Fsp3) is 0.667. The van der Waals surface area contributed by atoms with Crippen molar-refractivity contribution in [3.05, 3.63) is 35.6 Å². The van der Waals surface area contributed by atoms with Gasteiger partial charge < -0.3 is 19.9 Å². The average molecular weight is 392 g/mol. The van der Waals surface area contributed by atoms with Crippen LogP contribution in [0.5, 0.6) is 0 Å². The van der Waals surface area contributed by atoms with Gasteiger partial charge in [0.25, 0.3) is 0 Å². The molecule has 1 aromatic carbocycles. The van der Waals surface area contributed by atoms with Gasteiger partial charge in [-0.25, -0.2) is 9.18 Å². The molecule has 3 fully saturated rings. The quantitative estimate of drug-likeness (QED) is 0.853. The van der Waals surface area contributed by atoms with Gasteiger partial charge in [-0.3, -0.25) is 4.90 Å². The SMILES string of the molecule is COC(=O)N1C2COCC2[C@H](N)[C@@H]1COC1CCC(c2cccc(F)c2)CC1. The van der Waals surface area contributed by atoms with Gasteiger partial charge in [0.1, 0.15) is 5.82 Å². The van der Waals surface area contributed by atoms with Gasteiger partial charge >= 0.3 is 6.09 Å². The molecule has 1 aliphatic carbocycles. The summed E-state index contributed by atoms with van der Waals surface area (Å²) in [6, 6.07) is 6.51. The Balaban J connectivity index is 1.32. The van der Waals surface area contributed by atoms with Crippen molar-refractivity contribution < 1.29 is 23.4 Å². The molecule has 2 saturated heterocycles. The number of likely N-dealkylation sites (tertiary alicyclic amines) is 1. The second-order valence-electron chi connectivity index (χ2n) is 8.15. The van der Waals surface area contributed by atoms with Crippen molar-refractivity contribution in [2.24, 2.45) is 11.7 Å². The average Bonchev–Trinajstić information content (AvgIpc) is 3.28. The number of fused-ring (bicyclic) bond motifs is 1. The maximum absolute atomic E-state index is 13.5. The van der Waals surface area contributed by atoms with Crippen LogP contribution in [0.4, 0.5) is 9.18 Å². The van der Waals surface area contributed by atoms with Crippen LogP contribution in [-0.2, 0) is 14.2 Å². The van der Waals surface area contributed by atoms with E-state index in [0.717, 1.165) is 31.2 Å². The van der Waals surface area contributed by atoms with E-state index in [0.29, 0.717) is 25.7 Å². The minimum atomic E-state index is -0.364. The Kier molecular flexibility index (Phi) is 5.85. The molecule has 28 heavy (non-hydrogen) atoms. The van der Waals surface area contributed by atoms with E-state index in [9.17, 15) is 9.18 Å². The molecule has 2 N–H and O–H groups in total. The van der Waals surface area contributed by atoms with Crippen LogP contribution in [0.3, 0.4) is 0 Å². The van der Waals surface area contributed by atoms with Gasteiger partial charge in [-0.2, -0.15) is 0 Å². The van der Waals surface area contributed by atoms with E-state index in [1.54, 1.807) is 17.0 Å². The number of methoxy groups -OCH3 is 1. The summed E-state index contributed by atoms with van der Waals surface area (Å²) in [4.78, 5) is 14.0. The van der Waals surface area contributed by atoms with Gasteiger partial charge in [0.15, 0.2) is 0 Å². The molecule has 0 aromatic heterocycles. The monoisotopic (exact) mass is 392 g/mol. The summed E-state index contributed by atoms with van der Waals surface area (Å²) in [6.45, 7) is 1.50. The van der Waals surface area contributed by atoms with Gasteiger partial charge in [0.2, 0.25) is 0 Å². The van der Waals surface area contributed by atoms with Crippen LogP contribution in [0.1, 0.15) is 37.2 Å². The highest BCUT2D eigenvalue weighted by Gasteiger charge is 2.52. The third-order valence-corrected chi connectivity index (χ3v) is 6.63. The lowest BCUT2D eigenvalue weighted by Gasteiger charge is -2.33. The van der Waals surface area contributed by atoms with Gasteiger partial charge in [-0.15, -0.1) is 0 Å². The highest BCUT2D eigenvalue weighted by atomic mass is 19.1.